The van der Waals surface area contributed by atoms with Crippen LogP contribution in [0.4, 0.5) is 22.1 Å². The molecular formula is C29H36N8O2. The van der Waals surface area contributed by atoms with Crippen LogP contribution in [0.1, 0.15) is 49.7 Å². The van der Waals surface area contributed by atoms with E-state index in [2.05, 4.69) is 37.3 Å². The first kappa shape index (κ1) is 25.5. The van der Waals surface area contributed by atoms with Crippen molar-refractivity contribution in [3.8, 4) is 11.4 Å². The van der Waals surface area contributed by atoms with E-state index in [1.54, 1.807) is 0 Å². The molecule has 2 aliphatic heterocycles. The van der Waals surface area contributed by atoms with Gasteiger partial charge in [-0.05, 0) is 69.4 Å². The first-order valence-electron chi connectivity index (χ1n) is 14.0. The van der Waals surface area contributed by atoms with Gasteiger partial charge in [0.15, 0.2) is 5.82 Å². The Labute approximate surface area is 229 Å². The van der Waals surface area contributed by atoms with E-state index in [9.17, 15) is 4.79 Å². The molecule has 2 N–H and O–H groups in total. The average Bonchev–Trinajstić information content (AvgIpc) is 2.94. The minimum atomic E-state index is -0.155. The fourth-order valence-electron chi connectivity index (χ4n) is 5.47. The number of hydrogen-bond donors (Lipinski definition) is 2. The topological polar surface area (TPSA) is 108 Å². The highest BCUT2D eigenvalue weighted by Crippen LogP contribution is 2.33. The van der Waals surface area contributed by atoms with E-state index in [4.69, 9.17) is 14.7 Å². The first-order chi connectivity index (χ1) is 19.1. The Balaban J connectivity index is 1.31. The molecular weight excluding hydrogens is 492 g/mol. The number of ether oxygens (including phenoxy) is 1. The van der Waals surface area contributed by atoms with Gasteiger partial charge >= 0.3 is 6.03 Å². The van der Waals surface area contributed by atoms with Gasteiger partial charge in [0.25, 0.3) is 0 Å². The number of carbonyl (C=O) groups excluding carboxylic acids is 1. The molecule has 10 heteroatoms. The molecule has 6 rings (SSSR count). The molecule has 4 heterocycles. The maximum Gasteiger partial charge on any atom is 0.319 e. The third kappa shape index (κ3) is 5.52. The highest BCUT2D eigenvalue weighted by Gasteiger charge is 2.30. The molecule has 1 saturated heterocycles. The van der Waals surface area contributed by atoms with E-state index < -0.39 is 0 Å². The Morgan fingerprint density at radius 3 is 2.69 bits per heavy atom. The highest BCUT2D eigenvalue weighted by atomic mass is 16.5. The molecule has 2 amide bonds. The zero-order valence-corrected chi connectivity index (χ0v) is 22.7. The van der Waals surface area contributed by atoms with Gasteiger partial charge in [0.05, 0.1) is 31.5 Å². The lowest BCUT2D eigenvalue weighted by atomic mass is 9.93. The predicted molar refractivity (Wildman–Crippen MR) is 151 cm³/mol. The molecule has 1 aliphatic carbocycles. The number of hydrogen-bond acceptors (Lipinski definition) is 8. The number of carbonyl (C=O) groups is 1. The van der Waals surface area contributed by atoms with Crippen LogP contribution in [0.2, 0.25) is 0 Å². The number of rotatable bonds is 6. The maximum atomic E-state index is 12.3. The fraction of sp³-hybridized carbons (Fsp3) is 0.483. The van der Waals surface area contributed by atoms with Crippen molar-refractivity contribution in [1.29, 1.82) is 0 Å². The predicted octanol–water partition coefficient (Wildman–Crippen LogP) is 4.09. The molecule has 1 saturated carbocycles. The van der Waals surface area contributed by atoms with Crippen molar-refractivity contribution in [2.75, 3.05) is 41.4 Å². The van der Waals surface area contributed by atoms with E-state index in [0.717, 1.165) is 73.2 Å². The average molecular weight is 529 g/mol. The van der Waals surface area contributed by atoms with E-state index >= 15 is 0 Å². The van der Waals surface area contributed by atoms with E-state index in [0.29, 0.717) is 31.6 Å². The van der Waals surface area contributed by atoms with Gasteiger partial charge in [-0.15, -0.1) is 0 Å². The van der Waals surface area contributed by atoms with Crippen LogP contribution in [0.5, 0.6) is 0 Å². The van der Waals surface area contributed by atoms with Crippen LogP contribution in [-0.4, -0.2) is 64.4 Å². The Morgan fingerprint density at radius 2 is 1.95 bits per heavy atom. The normalized spacial score (nSPS) is 19.3. The number of nitrogens with zero attached hydrogens (tertiary/aromatic N) is 6. The van der Waals surface area contributed by atoms with Crippen molar-refractivity contribution in [3.05, 3.63) is 53.6 Å². The van der Waals surface area contributed by atoms with E-state index in [1.807, 2.05) is 43.5 Å². The summed E-state index contributed by atoms with van der Waals surface area (Å²) >= 11 is 0. The first-order valence-corrected chi connectivity index (χ1v) is 14.0. The third-order valence-corrected chi connectivity index (χ3v) is 7.94. The summed E-state index contributed by atoms with van der Waals surface area (Å²) < 4.78 is 5.80. The summed E-state index contributed by atoms with van der Waals surface area (Å²) in [5.41, 5.74) is 3.91. The number of urea groups is 1. The summed E-state index contributed by atoms with van der Waals surface area (Å²) in [6.07, 6.45) is 6.94. The third-order valence-electron chi connectivity index (χ3n) is 7.94. The Bertz CT molecular complexity index is 1330. The highest BCUT2D eigenvalue weighted by molar-refractivity contribution is 5.89. The van der Waals surface area contributed by atoms with Gasteiger partial charge in [-0.3, -0.25) is 0 Å². The second-order valence-electron chi connectivity index (χ2n) is 10.6. The second-order valence-corrected chi connectivity index (χ2v) is 10.6. The van der Waals surface area contributed by atoms with Crippen LogP contribution in [0, 0.1) is 6.92 Å². The molecule has 0 radical (unpaired) electrons. The molecule has 204 valence electrons. The van der Waals surface area contributed by atoms with Crippen LogP contribution >= 0.6 is 0 Å². The van der Waals surface area contributed by atoms with Crippen molar-refractivity contribution in [3.63, 3.8) is 0 Å². The monoisotopic (exact) mass is 528 g/mol. The lowest BCUT2D eigenvalue weighted by molar-refractivity contribution is 0.0924. The lowest BCUT2D eigenvalue weighted by Gasteiger charge is -2.39. The molecule has 39 heavy (non-hydrogen) atoms. The number of aryl methyl sites for hydroxylation is 1. The van der Waals surface area contributed by atoms with Crippen molar-refractivity contribution in [1.82, 2.24) is 25.3 Å². The van der Waals surface area contributed by atoms with Gasteiger partial charge in [-0.1, -0.05) is 6.92 Å². The molecule has 3 aliphatic rings. The summed E-state index contributed by atoms with van der Waals surface area (Å²) in [5, 5.41) is 5.96. The summed E-state index contributed by atoms with van der Waals surface area (Å²) in [6.45, 7) is 7.85. The number of morpholine rings is 1. The minimum Gasteiger partial charge on any atom is -0.377 e. The molecule has 2 fully saturated rings. The van der Waals surface area contributed by atoms with Crippen LogP contribution in [0.3, 0.4) is 0 Å². The zero-order chi connectivity index (χ0) is 26.8. The minimum absolute atomic E-state index is 0.155. The molecule has 0 bridgehead atoms. The zero-order valence-electron chi connectivity index (χ0n) is 22.7. The molecule has 0 unspecified atom stereocenters. The Hall–Kier alpha value is -3.79. The van der Waals surface area contributed by atoms with Gasteiger partial charge in [-0.2, -0.15) is 0 Å². The number of fused-ring (bicyclic) bond motifs is 1. The van der Waals surface area contributed by atoms with Crippen LogP contribution < -0.4 is 20.4 Å². The number of anilines is 3. The molecule has 3 aromatic rings. The number of aromatic nitrogens is 4. The summed E-state index contributed by atoms with van der Waals surface area (Å²) in [7, 11) is 0. The van der Waals surface area contributed by atoms with E-state index in [1.165, 1.54) is 12.0 Å². The molecule has 10 nitrogen and oxygen atoms in total. The van der Waals surface area contributed by atoms with Gasteiger partial charge in [0, 0.05) is 42.1 Å². The van der Waals surface area contributed by atoms with Crippen LogP contribution in [0.25, 0.3) is 11.4 Å². The quantitative estimate of drug-likeness (QED) is 0.493. The largest absolute Gasteiger partial charge is 0.377 e. The standard InChI is InChI=1S/C29H36N8O2/c1-3-23-18-39-16-15-37(23)28-24-12-14-36(26-11-13-30-19(2)31-26)17-25(24)34-27(35-28)20-7-9-22(10-8-20)33-29(38)32-21-5-4-6-21/h7-11,13,21,23H,3-6,12,14-18H2,1-2H3,(H2,32,33,38)/t23-/m0/s1. The summed E-state index contributed by atoms with van der Waals surface area (Å²) in [5.74, 6) is 3.39. The Kier molecular flexibility index (Phi) is 7.28. The number of benzene rings is 1. The van der Waals surface area contributed by atoms with Crippen molar-refractivity contribution in [2.45, 2.75) is 64.6 Å². The molecule has 0 spiro atoms. The summed E-state index contributed by atoms with van der Waals surface area (Å²) in [6, 6.07) is 10.2. The van der Waals surface area contributed by atoms with Gasteiger partial charge < -0.3 is 25.2 Å². The van der Waals surface area contributed by atoms with E-state index in [-0.39, 0.29) is 12.1 Å². The number of nitrogens with one attached hydrogen (secondary N) is 2. The van der Waals surface area contributed by atoms with Crippen molar-refractivity contribution < 1.29 is 9.53 Å². The summed E-state index contributed by atoms with van der Waals surface area (Å²) in [4.78, 5) is 36.1. The molecule has 2 aromatic heterocycles. The Morgan fingerprint density at radius 1 is 1.10 bits per heavy atom. The van der Waals surface area contributed by atoms with Gasteiger partial charge in [0.1, 0.15) is 17.5 Å². The maximum absolute atomic E-state index is 12.3. The van der Waals surface area contributed by atoms with Gasteiger partial charge in [-0.25, -0.2) is 24.7 Å². The number of amides is 2. The van der Waals surface area contributed by atoms with Crippen LogP contribution in [-0.2, 0) is 17.7 Å². The fourth-order valence-corrected chi connectivity index (χ4v) is 5.47. The van der Waals surface area contributed by atoms with Gasteiger partial charge in [0.2, 0.25) is 0 Å². The smallest absolute Gasteiger partial charge is 0.319 e. The van der Waals surface area contributed by atoms with Crippen molar-refractivity contribution >= 4 is 23.4 Å². The lowest BCUT2D eigenvalue weighted by Crippen LogP contribution is -2.47. The van der Waals surface area contributed by atoms with Crippen molar-refractivity contribution in [2.24, 2.45) is 0 Å². The second kappa shape index (κ2) is 11.1. The molecule has 1 aromatic carbocycles. The molecule has 1 atom stereocenters. The van der Waals surface area contributed by atoms with Crippen LogP contribution in [0.15, 0.2) is 36.5 Å². The SMILES string of the molecule is CC[C@H]1COCCN1c1nc(-c2ccc(NC(=O)NC3CCC3)cc2)nc2c1CCN(c1ccnc(C)n1)C2.